The van der Waals surface area contributed by atoms with Crippen molar-refractivity contribution in [2.45, 2.75) is 26.2 Å². The molecule has 2 N–H and O–H groups in total. The van der Waals surface area contributed by atoms with E-state index in [1.54, 1.807) is 12.1 Å². The average Bonchev–Trinajstić information content (AvgIpc) is 2.35. The monoisotopic (exact) mass is 269 g/mol. The number of carbonyl (C=O) groups is 1. The van der Waals surface area contributed by atoms with Crippen LogP contribution in [0.1, 0.15) is 26.3 Å². The van der Waals surface area contributed by atoms with Gasteiger partial charge in [0, 0.05) is 18.2 Å². The van der Waals surface area contributed by atoms with Gasteiger partial charge in [-0.25, -0.2) is 0 Å². The van der Waals surface area contributed by atoms with Gasteiger partial charge in [0.2, 0.25) is 5.91 Å². The van der Waals surface area contributed by atoms with Crippen molar-refractivity contribution >= 4 is 17.5 Å². The van der Waals surface area contributed by atoms with Crippen LogP contribution in [0.4, 0.5) is 0 Å². The average molecular weight is 270 g/mol. The van der Waals surface area contributed by atoms with Gasteiger partial charge in [0.25, 0.3) is 0 Å². The summed E-state index contributed by atoms with van der Waals surface area (Å²) in [5, 5.41) is 12.4. The number of halogens is 1. The second-order valence-corrected chi connectivity index (χ2v) is 5.57. The number of aliphatic hydroxyl groups excluding tert-OH is 1. The number of hydrogen-bond donors (Lipinski definition) is 2. The summed E-state index contributed by atoms with van der Waals surface area (Å²) in [6, 6.07) is 7.28. The third-order valence-corrected chi connectivity index (χ3v) is 3.31. The maximum atomic E-state index is 12.1. The van der Waals surface area contributed by atoms with Crippen molar-refractivity contribution in [3.8, 4) is 0 Å². The summed E-state index contributed by atoms with van der Waals surface area (Å²) in [6.07, 6.45) is 0. The molecule has 100 valence electrons. The highest BCUT2D eigenvalue weighted by Crippen LogP contribution is 2.24. The van der Waals surface area contributed by atoms with Crippen LogP contribution in [0.15, 0.2) is 24.3 Å². The first-order valence-corrected chi connectivity index (χ1v) is 6.41. The summed E-state index contributed by atoms with van der Waals surface area (Å²) < 4.78 is 0. The minimum atomic E-state index is -0.611. The van der Waals surface area contributed by atoms with Crippen LogP contribution in [0, 0.1) is 5.92 Å². The number of hydrogen-bond acceptors (Lipinski definition) is 2. The minimum absolute atomic E-state index is 0.0508. The Kier molecular flexibility index (Phi) is 5.17. The number of rotatable bonds is 5. The summed E-state index contributed by atoms with van der Waals surface area (Å²) in [4.78, 5) is 12.1. The lowest BCUT2D eigenvalue weighted by molar-refractivity contribution is -0.125. The molecule has 0 aliphatic rings. The fourth-order valence-electron chi connectivity index (χ4n) is 1.55. The third-order valence-electron chi connectivity index (χ3n) is 3.06. The predicted octanol–water partition coefficient (Wildman–Crippen LogP) is 2.36. The Morgan fingerprint density at radius 3 is 2.44 bits per heavy atom. The van der Waals surface area contributed by atoms with Crippen molar-refractivity contribution in [3.63, 3.8) is 0 Å². The maximum Gasteiger partial charge on any atom is 0.230 e. The van der Waals surface area contributed by atoms with Gasteiger partial charge in [-0.2, -0.15) is 0 Å². The lowest BCUT2D eigenvalue weighted by atomic mass is 9.83. The van der Waals surface area contributed by atoms with E-state index in [4.69, 9.17) is 16.7 Å². The fraction of sp³-hybridized carbons (Fsp3) is 0.500. The summed E-state index contributed by atoms with van der Waals surface area (Å²) in [7, 11) is 0. The van der Waals surface area contributed by atoms with E-state index in [0.29, 0.717) is 11.6 Å². The molecule has 1 amide bonds. The van der Waals surface area contributed by atoms with Gasteiger partial charge < -0.3 is 10.4 Å². The highest BCUT2D eigenvalue weighted by Gasteiger charge is 2.29. The molecule has 0 aromatic heterocycles. The summed E-state index contributed by atoms with van der Waals surface area (Å²) >= 11 is 5.83. The van der Waals surface area contributed by atoms with Crippen LogP contribution in [-0.2, 0) is 10.2 Å². The SMILES string of the molecule is CC(CO)CNC(=O)C(C)(C)c1ccc(Cl)cc1. The zero-order valence-corrected chi connectivity index (χ0v) is 11.8. The first-order valence-electron chi connectivity index (χ1n) is 6.03. The molecule has 0 heterocycles. The number of aliphatic hydroxyl groups is 1. The number of nitrogens with one attached hydrogen (secondary N) is 1. The first-order chi connectivity index (χ1) is 8.37. The molecule has 0 aliphatic carbocycles. The van der Waals surface area contributed by atoms with Gasteiger partial charge in [0.15, 0.2) is 0 Å². The Bertz CT molecular complexity index is 401. The van der Waals surface area contributed by atoms with Crippen molar-refractivity contribution in [1.29, 1.82) is 0 Å². The standard InChI is InChI=1S/C14H20ClNO2/c1-10(9-17)8-16-13(18)14(2,3)11-4-6-12(15)7-5-11/h4-7,10,17H,8-9H2,1-3H3,(H,16,18). The van der Waals surface area contributed by atoms with E-state index in [1.807, 2.05) is 32.9 Å². The largest absolute Gasteiger partial charge is 0.396 e. The zero-order valence-electron chi connectivity index (χ0n) is 11.0. The number of benzene rings is 1. The van der Waals surface area contributed by atoms with Crippen LogP contribution in [0.2, 0.25) is 5.02 Å². The van der Waals surface area contributed by atoms with E-state index in [0.717, 1.165) is 5.56 Å². The number of amides is 1. The Morgan fingerprint density at radius 1 is 1.39 bits per heavy atom. The molecule has 1 unspecified atom stereocenters. The van der Waals surface area contributed by atoms with Crippen LogP contribution in [0.5, 0.6) is 0 Å². The Hall–Kier alpha value is -1.06. The molecule has 0 saturated carbocycles. The summed E-state index contributed by atoms with van der Waals surface area (Å²) in [5.41, 5.74) is 0.306. The number of carbonyl (C=O) groups excluding carboxylic acids is 1. The van der Waals surface area contributed by atoms with Gasteiger partial charge in [-0.05, 0) is 37.5 Å². The molecule has 0 radical (unpaired) electrons. The van der Waals surface area contributed by atoms with E-state index >= 15 is 0 Å². The van der Waals surface area contributed by atoms with Crippen molar-refractivity contribution in [2.75, 3.05) is 13.2 Å². The zero-order chi connectivity index (χ0) is 13.8. The van der Waals surface area contributed by atoms with Crippen LogP contribution in [0.25, 0.3) is 0 Å². The molecule has 1 aromatic rings. The molecule has 0 spiro atoms. The summed E-state index contributed by atoms with van der Waals surface area (Å²) in [6.45, 7) is 6.17. The second-order valence-electron chi connectivity index (χ2n) is 5.13. The minimum Gasteiger partial charge on any atom is -0.396 e. The molecule has 0 fully saturated rings. The third kappa shape index (κ3) is 3.72. The lowest BCUT2D eigenvalue weighted by Crippen LogP contribution is -2.42. The molecule has 4 heteroatoms. The lowest BCUT2D eigenvalue weighted by Gasteiger charge is -2.25. The van der Waals surface area contributed by atoms with Crippen molar-refractivity contribution in [3.05, 3.63) is 34.9 Å². The van der Waals surface area contributed by atoms with E-state index in [2.05, 4.69) is 5.32 Å². The second kappa shape index (κ2) is 6.21. The van der Waals surface area contributed by atoms with Gasteiger partial charge in [0.05, 0.1) is 5.41 Å². The van der Waals surface area contributed by atoms with Gasteiger partial charge in [-0.15, -0.1) is 0 Å². The van der Waals surface area contributed by atoms with Crippen molar-refractivity contribution in [1.82, 2.24) is 5.32 Å². The van der Waals surface area contributed by atoms with Gasteiger partial charge >= 0.3 is 0 Å². The topological polar surface area (TPSA) is 49.3 Å². The van der Waals surface area contributed by atoms with Gasteiger partial charge in [-0.1, -0.05) is 30.7 Å². The smallest absolute Gasteiger partial charge is 0.230 e. The highest BCUT2D eigenvalue weighted by molar-refractivity contribution is 6.30. The van der Waals surface area contributed by atoms with Crippen molar-refractivity contribution in [2.24, 2.45) is 5.92 Å². The Morgan fingerprint density at radius 2 is 1.94 bits per heavy atom. The Labute approximate surface area is 113 Å². The molecular formula is C14H20ClNO2. The van der Waals surface area contributed by atoms with Crippen LogP contribution >= 0.6 is 11.6 Å². The molecule has 0 saturated heterocycles. The molecule has 0 aliphatic heterocycles. The molecule has 3 nitrogen and oxygen atoms in total. The van der Waals surface area contributed by atoms with Gasteiger partial charge in [-0.3, -0.25) is 4.79 Å². The van der Waals surface area contributed by atoms with Gasteiger partial charge in [0.1, 0.15) is 0 Å². The highest BCUT2D eigenvalue weighted by atomic mass is 35.5. The summed E-state index contributed by atoms with van der Waals surface area (Å²) in [5.74, 6) is 0.0140. The van der Waals surface area contributed by atoms with Crippen LogP contribution in [0.3, 0.4) is 0 Å². The molecule has 1 rings (SSSR count). The van der Waals surface area contributed by atoms with Crippen LogP contribution < -0.4 is 5.32 Å². The molecule has 1 atom stereocenters. The van der Waals surface area contributed by atoms with E-state index in [-0.39, 0.29) is 18.4 Å². The Balaban J connectivity index is 2.73. The fourth-order valence-corrected chi connectivity index (χ4v) is 1.68. The molecule has 0 bridgehead atoms. The van der Waals surface area contributed by atoms with Crippen molar-refractivity contribution < 1.29 is 9.90 Å². The van der Waals surface area contributed by atoms with E-state index in [9.17, 15) is 4.79 Å². The first kappa shape index (κ1) is 15.0. The molecule has 1 aromatic carbocycles. The van der Waals surface area contributed by atoms with E-state index < -0.39 is 5.41 Å². The predicted molar refractivity (Wildman–Crippen MR) is 73.7 cm³/mol. The normalized spacial score (nSPS) is 13.2. The maximum absolute atomic E-state index is 12.1. The quantitative estimate of drug-likeness (QED) is 0.862. The van der Waals surface area contributed by atoms with E-state index in [1.165, 1.54) is 0 Å². The van der Waals surface area contributed by atoms with Crippen LogP contribution in [-0.4, -0.2) is 24.2 Å². The molecule has 18 heavy (non-hydrogen) atoms. The molecular weight excluding hydrogens is 250 g/mol.